The predicted octanol–water partition coefficient (Wildman–Crippen LogP) is 2.19. The van der Waals surface area contributed by atoms with E-state index < -0.39 is 0 Å². The van der Waals surface area contributed by atoms with Gasteiger partial charge in [0.2, 0.25) is 11.9 Å². The van der Waals surface area contributed by atoms with Crippen molar-refractivity contribution in [3.05, 3.63) is 35.7 Å². The number of nitrogens with two attached hydrogens (primary N) is 1. The Bertz CT molecular complexity index is 662. The number of hydrogen-bond donors (Lipinski definition) is 2. The van der Waals surface area contributed by atoms with E-state index >= 15 is 0 Å². The van der Waals surface area contributed by atoms with Gasteiger partial charge in [0.15, 0.2) is 5.16 Å². The highest BCUT2D eigenvalue weighted by molar-refractivity contribution is 8.00. The van der Waals surface area contributed by atoms with Crippen LogP contribution in [0.2, 0.25) is 0 Å². The highest BCUT2D eigenvalue weighted by Gasteiger charge is 2.17. The maximum atomic E-state index is 12.2. The maximum absolute atomic E-state index is 12.2. The normalized spacial score (nSPS) is 12.0. The van der Waals surface area contributed by atoms with Crippen LogP contribution in [0.3, 0.4) is 0 Å². The third-order valence-corrected chi connectivity index (χ3v) is 4.06. The first-order valence-electron chi connectivity index (χ1n) is 6.45. The highest BCUT2D eigenvalue weighted by atomic mass is 32.2. The monoisotopic (exact) mass is 303 g/mol. The second-order valence-electron chi connectivity index (χ2n) is 4.62. The number of nitrogens with zero attached hydrogens (tertiary/aromatic N) is 3. The summed E-state index contributed by atoms with van der Waals surface area (Å²) < 4.78 is 0. The van der Waals surface area contributed by atoms with Gasteiger partial charge in [-0.2, -0.15) is 4.98 Å². The van der Waals surface area contributed by atoms with Gasteiger partial charge < -0.3 is 11.1 Å². The molecule has 0 aliphatic heterocycles. The average Bonchev–Trinajstić information content (AvgIpc) is 2.44. The number of aromatic nitrogens is 3. The number of rotatable bonds is 4. The SMILES string of the molecule is Cc1cccc(NC(=O)C(C)Sc2ncnc(N)n2)c1C. The van der Waals surface area contributed by atoms with Gasteiger partial charge in [-0.25, -0.2) is 9.97 Å². The lowest BCUT2D eigenvalue weighted by molar-refractivity contribution is -0.115. The molecule has 1 amide bonds. The molecule has 1 aromatic carbocycles. The lowest BCUT2D eigenvalue weighted by Crippen LogP contribution is -2.23. The van der Waals surface area contributed by atoms with Crippen molar-refractivity contribution in [3.8, 4) is 0 Å². The Morgan fingerprint density at radius 1 is 1.33 bits per heavy atom. The van der Waals surface area contributed by atoms with E-state index in [-0.39, 0.29) is 17.1 Å². The van der Waals surface area contributed by atoms with Crippen LogP contribution in [0.5, 0.6) is 0 Å². The molecule has 1 heterocycles. The van der Waals surface area contributed by atoms with Crippen molar-refractivity contribution >= 4 is 29.3 Å². The number of carbonyl (C=O) groups excluding carboxylic acids is 1. The number of thioether (sulfide) groups is 1. The first-order valence-corrected chi connectivity index (χ1v) is 7.33. The van der Waals surface area contributed by atoms with E-state index in [1.165, 1.54) is 18.1 Å². The fourth-order valence-electron chi connectivity index (χ4n) is 1.68. The molecule has 2 aromatic rings. The van der Waals surface area contributed by atoms with Crippen LogP contribution in [0.25, 0.3) is 0 Å². The largest absolute Gasteiger partial charge is 0.368 e. The summed E-state index contributed by atoms with van der Waals surface area (Å²) in [5, 5.41) is 3.02. The summed E-state index contributed by atoms with van der Waals surface area (Å²) in [4.78, 5) is 23.9. The Balaban J connectivity index is 2.04. The topological polar surface area (TPSA) is 93.8 Å². The summed E-state index contributed by atoms with van der Waals surface area (Å²) in [5.41, 5.74) is 8.52. The third kappa shape index (κ3) is 3.91. The molecule has 7 heteroatoms. The van der Waals surface area contributed by atoms with E-state index in [0.29, 0.717) is 5.16 Å². The minimum absolute atomic E-state index is 0.104. The Morgan fingerprint density at radius 3 is 2.81 bits per heavy atom. The summed E-state index contributed by atoms with van der Waals surface area (Å²) >= 11 is 1.24. The van der Waals surface area contributed by atoms with E-state index in [9.17, 15) is 4.79 Å². The van der Waals surface area contributed by atoms with Crippen LogP contribution in [0.15, 0.2) is 29.7 Å². The molecule has 0 aliphatic rings. The Labute approximate surface area is 127 Å². The van der Waals surface area contributed by atoms with Crippen molar-refractivity contribution in [2.75, 3.05) is 11.1 Å². The van der Waals surface area contributed by atoms with E-state index in [1.807, 2.05) is 32.0 Å². The summed E-state index contributed by atoms with van der Waals surface area (Å²) in [7, 11) is 0. The van der Waals surface area contributed by atoms with Crippen molar-refractivity contribution in [2.45, 2.75) is 31.2 Å². The summed E-state index contributed by atoms with van der Waals surface area (Å²) in [6.07, 6.45) is 1.33. The number of benzene rings is 1. The average molecular weight is 303 g/mol. The number of anilines is 2. The van der Waals surface area contributed by atoms with Crippen LogP contribution in [0.4, 0.5) is 11.6 Å². The molecule has 0 saturated heterocycles. The van der Waals surface area contributed by atoms with Crippen LogP contribution in [0, 0.1) is 13.8 Å². The van der Waals surface area contributed by atoms with Gasteiger partial charge in [-0.3, -0.25) is 4.79 Å². The second-order valence-corrected chi connectivity index (χ2v) is 5.93. The Kier molecular flexibility index (Phi) is 4.74. The van der Waals surface area contributed by atoms with Crippen molar-refractivity contribution in [1.29, 1.82) is 0 Å². The second kappa shape index (κ2) is 6.53. The molecule has 1 aromatic heterocycles. The van der Waals surface area contributed by atoms with Crippen LogP contribution >= 0.6 is 11.8 Å². The summed E-state index contributed by atoms with van der Waals surface area (Å²) in [5.74, 6) is 0.0438. The van der Waals surface area contributed by atoms with Crippen LogP contribution in [0.1, 0.15) is 18.1 Å². The number of carbonyl (C=O) groups is 1. The minimum atomic E-state index is -0.341. The first kappa shape index (κ1) is 15.2. The number of nitrogen functional groups attached to an aromatic ring is 1. The van der Waals surface area contributed by atoms with Crippen LogP contribution in [-0.2, 0) is 4.79 Å². The molecular weight excluding hydrogens is 286 g/mol. The lowest BCUT2D eigenvalue weighted by atomic mass is 10.1. The summed E-state index contributed by atoms with van der Waals surface area (Å²) in [6, 6.07) is 5.82. The fraction of sp³-hybridized carbons (Fsp3) is 0.286. The molecule has 0 spiro atoms. The molecule has 0 fully saturated rings. The van der Waals surface area contributed by atoms with Gasteiger partial charge in [0, 0.05) is 5.69 Å². The van der Waals surface area contributed by atoms with E-state index in [0.717, 1.165) is 16.8 Å². The first-order chi connectivity index (χ1) is 9.97. The molecule has 0 saturated carbocycles. The van der Waals surface area contributed by atoms with Gasteiger partial charge in [-0.1, -0.05) is 23.9 Å². The standard InChI is InChI=1S/C14H17N5OS/c1-8-5-4-6-11(9(8)2)18-12(20)10(3)21-14-17-7-16-13(15)19-14/h4-7,10H,1-3H3,(H,18,20)(H2,15,16,17,19). The fourth-order valence-corrected chi connectivity index (χ4v) is 2.42. The molecular formula is C14H17N5OS. The van der Waals surface area contributed by atoms with Gasteiger partial charge in [0.1, 0.15) is 6.33 Å². The van der Waals surface area contributed by atoms with Gasteiger partial charge in [0.05, 0.1) is 5.25 Å². The molecule has 1 unspecified atom stereocenters. The molecule has 110 valence electrons. The number of amides is 1. The van der Waals surface area contributed by atoms with Crippen LogP contribution in [-0.4, -0.2) is 26.1 Å². The molecule has 1 atom stereocenters. The quantitative estimate of drug-likeness (QED) is 0.841. The predicted molar refractivity (Wildman–Crippen MR) is 84.1 cm³/mol. The molecule has 0 aliphatic carbocycles. The van der Waals surface area contributed by atoms with E-state index in [4.69, 9.17) is 5.73 Å². The Hall–Kier alpha value is -2.15. The molecule has 0 bridgehead atoms. The molecule has 6 nitrogen and oxygen atoms in total. The zero-order valence-electron chi connectivity index (χ0n) is 12.1. The molecule has 3 N–H and O–H groups in total. The summed E-state index contributed by atoms with van der Waals surface area (Å²) in [6.45, 7) is 5.79. The molecule has 21 heavy (non-hydrogen) atoms. The van der Waals surface area contributed by atoms with Gasteiger partial charge in [-0.15, -0.1) is 0 Å². The van der Waals surface area contributed by atoms with Crippen molar-refractivity contribution in [3.63, 3.8) is 0 Å². The van der Waals surface area contributed by atoms with Crippen molar-refractivity contribution < 1.29 is 4.79 Å². The van der Waals surface area contributed by atoms with Crippen LogP contribution < -0.4 is 11.1 Å². The number of hydrogen-bond acceptors (Lipinski definition) is 6. The number of aryl methyl sites for hydroxylation is 1. The van der Waals surface area contributed by atoms with Crippen molar-refractivity contribution in [2.24, 2.45) is 0 Å². The number of nitrogens with one attached hydrogen (secondary N) is 1. The van der Waals surface area contributed by atoms with E-state index in [1.54, 1.807) is 6.92 Å². The maximum Gasteiger partial charge on any atom is 0.237 e. The van der Waals surface area contributed by atoms with Gasteiger partial charge in [-0.05, 0) is 38.0 Å². The van der Waals surface area contributed by atoms with Gasteiger partial charge in [0.25, 0.3) is 0 Å². The Morgan fingerprint density at radius 2 is 2.10 bits per heavy atom. The smallest absolute Gasteiger partial charge is 0.237 e. The highest BCUT2D eigenvalue weighted by Crippen LogP contribution is 2.22. The zero-order valence-corrected chi connectivity index (χ0v) is 12.9. The molecule has 2 rings (SSSR count). The zero-order chi connectivity index (χ0) is 15.4. The molecule has 0 radical (unpaired) electrons. The minimum Gasteiger partial charge on any atom is -0.368 e. The van der Waals surface area contributed by atoms with E-state index in [2.05, 4.69) is 20.3 Å². The lowest BCUT2D eigenvalue weighted by Gasteiger charge is -2.13. The van der Waals surface area contributed by atoms with Gasteiger partial charge >= 0.3 is 0 Å². The third-order valence-electron chi connectivity index (χ3n) is 3.08. The van der Waals surface area contributed by atoms with Crippen molar-refractivity contribution in [1.82, 2.24) is 15.0 Å².